The van der Waals surface area contributed by atoms with Crippen molar-refractivity contribution in [3.63, 3.8) is 0 Å². The van der Waals surface area contributed by atoms with Gasteiger partial charge in [0.1, 0.15) is 23.9 Å². The monoisotopic (exact) mass is 744 g/mol. The minimum absolute atomic E-state index is 0.0196. The summed E-state index contributed by atoms with van der Waals surface area (Å²) >= 11 is 9.16. The van der Waals surface area contributed by atoms with Crippen LogP contribution < -0.4 is 9.64 Å². The number of aromatic nitrogens is 5. The van der Waals surface area contributed by atoms with Crippen molar-refractivity contribution in [1.29, 1.82) is 0 Å². The van der Waals surface area contributed by atoms with Gasteiger partial charge < -0.3 is 14.1 Å². The molecule has 1 aliphatic heterocycles. The molecule has 4 aromatic rings. The summed E-state index contributed by atoms with van der Waals surface area (Å²) in [5, 5.41) is 5.18. The number of rotatable bonds is 10. The fraction of sp³-hybridized carbons (Fsp3) is 0.455. The van der Waals surface area contributed by atoms with E-state index in [9.17, 15) is 0 Å². The third-order valence-corrected chi connectivity index (χ3v) is 14.4. The second-order valence-electron chi connectivity index (χ2n) is 13.0. The van der Waals surface area contributed by atoms with Gasteiger partial charge in [-0.3, -0.25) is 9.67 Å². The fourth-order valence-electron chi connectivity index (χ4n) is 5.24. The van der Waals surface area contributed by atoms with Gasteiger partial charge in [-0.15, -0.1) is 0 Å². The number of nitrogens with zero attached hydrogens (tertiary/aromatic N) is 6. The zero-order chi connectivity index (χ0) is 31.8. The first-order valence-electron chi connectivity index (χ1n) is 15.1. The van der Waals surface area contributed by atoms with E-state index in [-0.39, 0.29) is 11.1 Å². The van der Waals surface area contributed by atoms with Crippen molar-refractivity contribution in [2.24, 2.45) is 7.05 Å². The molecule has 0 N–H and O–H groups in total. The molecule has 11 heteroatoms. The highest BCUT2D eigenvalue weighted by Gasteiger charge is 2.39. The van der Waals surface area contributed by atoms with Crippen LogP contribution in [0.25, 0.3) is 22.8 Å². The summed E-state index contributed by atoms with van der Waals surface area (Å²) in [7, 11) is -0.00571. The van der Waals surface area contributed by atoms with E-state index in [1.807, 2.05) is 48.4 Å². The number of aryl methyl sites for hydroxylation is 1. The average molecular weight is 745 g/mol. The van der Waals surface area contributed by atoms with Crippen LogP contribution in [0.1, 0.15) is 57.4 Å². The maximum Gasteiger partial charge on any atom is 0.192 e. The van der Waals surface area contributed by atoms with Crippen LogP contribution in [-0.2, 0) is 24.6 Å². The highest BCUT2D eigenvalue weighted by Crippen LogP contribution is 2.39. The lowest BCUT2D eigenvalue weighted by atomic mass is 10.1. The molecule has 0 unspecified atom stereocenters. The minimum Gasteiger partial charge on any atom is -0.491 e. The van der Waals surface area contributed by atoms with Crippen LogP contribution in [0.15, 0.2) is 42.7 Å². The number of hydrogen-bond acceptors (Lipinski definition) is 7. The van der Waals surface area contributed by atoms with Crippen LogP contribution in [0.5, 0.6) is 5.75 Å². The second kappa shape index (κ2) is 13.1. The van der Waals surface area contributed by atoms with Gasteiger partial charge in [0, 0.05) is 30.9 Å². The zero-order valence-electron chi connectivity index (χ0n) is 26.9. The van der Waals surface area contributed by atoms with Gasteiger partial charge in [-0.2, -0.15) is 5.10 Å². The SMILES string of the molecule is CCC[C@H](COc1ccc(Cl)c(-c2nc(-c3c(I)cnn3C)c(C)c(N3Cc4cccnc4C3)n2)c1)O[Si](C)(C)C(C)(C)C. The Hall–Kier alpha value is -2.54. The Labute approximate surface area is 280 Å². The predicted octanol–water partition coefficient (Wildman–Crippen LogP) is 8.60. The molecule has 1 atom stereocenters. The fourth-order valence-corrected chi connectivity index (χ4v) is 7.54. The first-order chi connectivity index (χ1) is 20.8. The van der Waals surface area contributed by atoms with Crippen molar-refractivity contribution in [3.8, 4) is 28.5 Å². The summed E-state index contributed by atoms with van der Waals surface area (Å²) in [4.78, 5) is 17.1. The Bertz CT molecular complexity index is 1610. The largest absolute Gasteiger partial charge is 0.491 e. The average Bonchev–Trinajstić information content (AvgIpc) is 3.54. The molecule has 0 aliphatic carbocycles. The molecule has 8 nitrogen and oxygen atoms in total. The molecule has 0 saturated heterocycles. The van der Waals surface area contributed by atoms with Gasteiger partial charge >= 0.3 is 0 Å². The highest BCUT2D eigenvalue weighted by atomic mass is 127. The van der Waals surface area contributed by atoms with E-state index in [0.29, 0.717) is 29.7 Å². The number of anilines is 1. The highest BCUT2D eigenvalue weighted by molar-refractivity contribution is 14.1. The van der Waals surface area contributed by atoms with E-state index in [1.165, 1.54) is 5.56 Å². The topological polar surface area (TPSA) is 78.2 Å². The number of fused-ring (bicyclic) bond motifs is 1. The summed E-state index contributed by atoms with van der Waals surface area (Å²) in [6, 6.07) is 9.83. The maximum absolute atomic E-state index is 6.85. The first kappa shape index (κ1) is 32.8. The van der Waals surface area contributed by atoms with Gasteiger partial charge in [0.25, 0.3) is 0 Å². The van der Waals surface area contributed by atoms with E-state index in [0.717, 1.165) is 57.0 Å². The van der Waals surface area contributed by atoms with Crippen LogP contribution in [0.2, 0.25) is 23.2 Å². The van der Waals surface area contributed by atoms with E-state index in [4.69, 9.17) is 30.7 Å². The lowest BCUT2D eigenvalue weighted by Crippen LogP contribution is -2.45. The third-order valence-electron chi connectivity index (χ3n) is 8.72. The molecular formula is C33H42ClIN6O2Si. The molecule has 0 saturated carbocycles. The number of pyridine rings is 1. The van der Waals surface area contributed by atoms with E-state index < -0.39 is 8.32 Å². The Morgan fingerprint density at radius 2 is 1.91 bits per heavy atom. The molecule has 4 heterocycles. The van der Waals surface area contributed by atoms with Gasteiger partial charge in [0.15, 0.2) is 14.1 Å². The van der Waals surface area contributed by atoms with E-state index >= 15 is 0 Å². The van der Waals surface area contributed by atoms with Crippen molar-refractivity contribution < 1.29 is 9.16 Å². The molecule has 0 spiro atoms. The number of hydrogen-bond donors (Lipinski definition) is 0. The van der Waals surface area contributed by atoms with Gasteiger partial charge in [-0.1, -0.05) is 51.8 Å². The summed E-state index contributed by atoms with van der Waals surface area (Å²) in [5.41, 5.74) is 5.74. The molecule has 0 fully saturated rings. The minimum atomic E-state index is -1.94. The number of halogens is 2. The smallest absolute Gasteiger partial charge is 0.192 e. The van der Waals surface area contributed by atoms with Crippen LogP contribution in [-0.4, -0.2) is 45.8 Å². The Morgan fingerprint density at radius 1 is 1.14 bits per heavy atom. The van der Waals surface area contributed by atoms with Crippen molar-refractivity contribution in [3.05, 3.63) is 68.1 Å². The van der Waals surface area contributed by atoms with E-state index in [1.54, 1.807) is 0 Å². The summed E-state index contributed by atoms with van der Waals surface area (Å²) in [6.07, 6.45) is 5.69. The normalized spacial score (nSPS) is 14.2. The Kier molecular flexibility index (Phi) is 9.74. The lowest BCUT2D eigenvalue weighted by molar-refractivity contribution is 0.107. The standard InChI is InChI=1S/C33H42ClIN6O2Si/c1-9-11-24(43-44(7,8)33(3,4)5)20-42-23-13-14-26(34)25(16-23)31-38-29(30-27(35)17-37-40(30)6)21(2)32(39-31)41-18-22-12-10-15-36-28(22)19-41/h10,12-17,24H,9,11,18-20H2,1-8H3/t24-/m1/s1. The van der Waals surface area contributed by atoms with Crippen LogP contribution in [0.4, 0.5) is 5.82 Å². The maximum atomic E-state index is 6.85. The zero-order valence-corrected chi connectivity index (χ0v) is 30.8. The van der Waals surface area contributed by atoms with Crippen LogP contribution >= 0.6 is 34.2 Å². The van der Waals surface area contributed by atoms with Gasteiger partial charge in [-0.05, 0) is 83.9 Å². The van der Waals surface area contributed by atoms with Crippen molar-refractivity contribution in [2.45, 2.75) is 84.8 Å². The molecule has 44 heavy (non-hydrogen) atoms. The predicted molar refractivity (Wildman–Crippen MR) is 189 cm³/mol. The molecule has 0 bridgehead atoms. The molecular weight excluding hydrogens is 703 g/mol. The second-order valence-corrected chi connectivity index (χ2v) is 19.3. The van der Waals surface area contributed by atoms with Crippen molar-refractivity contribution in [2.75, 3.05) is 11.5 Å². The van der Waals surface area contributed by atoms with Gasteiger partial charge in [0.2, 0.25) is 0 Å². The molecule has 0 radical (unpaired) electrons. The van der Waals surface area contributed by atoms with Gasteiger partial charge in [0.05, 0.1) is 38.8 Å². The van der Waals surface area contributed by atoms with Crippen LogP contribution in [0, 0.1) is 10.5 Å². The van der Waals surface area contributed by atoms with E-state index in [2.05, 4.69) is 91.4 Å². The molecule has 0 amide bonds. The molecule has 1 aliphatic rings. The summed E-state index contributed by atoms with van der Waals surface area (Å²) in [6.45, 7) is 17.5. The summed E-state index contributed by atoms with van der Waals surface area (Å²) in [5.74, 6) is 2.11. The Morgan fingerprint density at radius 3 is 2.57 bits per heavy atom. The van der Waals surface area contributed by atoms with Gasteiger partial charge in [-0.25, -0.2) is 9.97 Å². The molecule has 234 valence electrons. The van der Waals surface area contributed by atoms with Crippen molar-refractivity contribution in [1.82, 2.24) is 24.7 Å². The molecule has 3 aromatic heterocycles. The quantitative estimate of drug-likeness (QED) is 0.119. The molecule has 5 rings (SSSR count). The Balaban J connectivity index is 1.51. The lowest BCUT2D eigenvalue weighted by Gasteiger charge is -2.39. The number of ether oxygens (including phenoxy) is 1. The first-order valence-corrected chi connectivity index (χ1v) is 19.5. The van der Waals surface area contributed by atoms with Crippen molar-refractivity contribution >= 4 is 48.3 Å². The number of benzene rings is 1. The summed E-state index contributed by atoms with van der Waals surface area (Å²) < 4.78 is 16.0. The van der Waals surface area contributed by atoms with Crippen LogP contribution in [0.3, 0.4) is 0 Å². The third kappa shape index (κ3) is 6.83. The molecule has 1 aromatic carbocycles.